The van der Waals surface area contributed by atoms with E-state index in [4.69, 9.17) is 10.5 Å². The predicted octanol–water partition coefficient (Wildman–Crippen LogP) is 1.69. The van der Waals surface area contributed by atoms with E-state index in [1.807, 2.05) is 0 Å². The molecule has 2 aromatic heterocycles. The predicted molar refractivity (Wildman–Crippen MR) is 90.9 cm³/mol. The van der Waals surface area contributed by atoms with E-state index in [-0.39, 0.29) is 24.8 Å². The number of pyridine rings is 1. The summed E-state index contributed by atoms with van der Waals surface area (Å²) >= 11 is 3.36. The molecule has 0 bridgehead atoms. The molecule has 1 aliphatic rings. The number of hydrogen-bond acceptors (Lipinski definition) is 5. The number of aliphatic hydroxyl groups is 1. The fourth-order valence-electron chi connectivity index (χ4n) is 3.51. The van der Waals surface area contributed by atoms with E-state index in [1.165, 1.54) is 4.40 Å². The molecular weight excluding hydrogens is 378 g/mol. The van der Waals surface area contributed by atoms with E-state index in [0.29, 0.717) is 16.9 Å². The van der Waals surface area contributed by atoms with Gasteiger partial charge in [-0.3, -0.25) is 9.20 Å². The zero-order chi connectivity index (χ0) is 17.7. The van der Waals surface area contributed by atoms with Crippen LogP contribution in [0.25, 0.3) is 5.65 Å². The maximum atomic E-state index is 12.5. The van der Waals surface area contributed by atoms with Gasteiger partial charge in [-0.2, -0.15) is 0 Å². The average Bonchev–Trinajstić information content (AvgIpc) is 2.41. The lowest BCUT2D eigenvalue weighted by atomic mass is 9.66. The van der Waals surface area contributed by atoms with Gasteiger partial charge in [-0.25, -0.2) is 9.78 Å². The number of hydrogen-bond donors (Lipinski definition) is 2. The largest absolute Gasteiger partial charge is 0.442 e. The zero-order valence-corrected chi connectivity index (χ0v) is 15.0. The van der Waals surface area contributed by atoms with E-state index >= 15 is 0 Å². The third kappa shape index (κ3) is 3.03. The molecule has 0 aliphatic heterocycles. The first-order valence-corrected chi connectivity index (χ1v) is 8.28. The van der Waals surface area contributed by atoms with Gasteiger partial charge in [-0.1, -0.05) is 15.9 Å². The number of halogens is 1. The molecule has 1 saturated carbocycles. The lowest BCUT2D eigenvalue weighted by Gasteiger charge is -2.50. The van der Waals surface area contributed by atoms with Gasteiger partial charge in [0, 0.05) is 35.5 Å². The van der Waals surface area contributed by atoms with Gasteiger partial charge >= 0.3 is 6.09 Å². The Morgan fingerprint density at radius 1 is 1.54 bits per heavy atom. The van der Waals surface area contributed by atoms with Crippen LogP contribution in [0.4, 0.5) is 4.79 Å². The summed E-state index contributed by atoms with van der Waals surface area (Å²) in [5.74, 6) is 0. The maximum Gasteiger partial charge on any atom is 0.405 e. The molecular formula is C16H18BrN3O4. The molecule has 7 nitrogen and oxygen atoms in total. The van der Waals surface area contributed by atoms with Gasteiger partial charge in [0.1, 0.15) is 11.2 Å². The van der Waals surface area contributed by atoms with Crippen molar-refractivity contribution in [3.63, 3.8) is 0 Å². The Hall–Kier alpha value is -1.93. The van der Waals surface area contributed by atoms with Crippen LogP contribution in [0.15, 0.2) is 27.6 Å². The molecule has 1 aliphatic carbocycles. The fourth-order valence-corrected chi connectivity index (χ4v) is 3.83. The molecule has 8 heteroatoms. The SMILES string of the molecule is Cc1c(CC2(OC(N)=O)CC(C)(O)C2)nc2cc(Br)ccn2c1=O. The highest BCUT2D eigenvalue weighted by atomic mass is 79.9. The van der Waals surface area contributed by atoms with Crippen LogP contribution in [-0.2, 0) is 11.2 Å². The number of nitrogens with two attached hydrogens (primary N) is 1. The monoisotopic (exact) mass is 395 g/mol. The second-order valence-corrected chi connectivity index (χ2v) is 7.61. The van der Waals surface area contributed by atoms with Gasteiger partial charge in [0.2, 0.25) is 0 Å². The highest BCUT2D eigenvalue weighted by Gasteiger charge is 2.54. The molecule has 0 saturated heterocycles. The van der Waals surface area contributed by atoms with Crippen LogP contribution in [0.2, 0.25) is 0 Å². The fraction of sp³-hybridized carbons (Fsp3) is 0.438. The van der Waals surface area contributed by atoms with Crippen molar-refractivity contribution < 1.29 is 14.6 Å². The first kappa shape index (κ1) is 16.9. The van der Waals surface area contributed by atoms with Crippen LogP contribution in [0.3, 0.4) is 0 Å². The van der Waals surface area contributed by atoms with Crippen LogP contribution in [-0.4, -0.2) is 31.8 Å². The Labute approximate surface area is 146 Å². The Bertz CT molecular complexity index is 883. The van der Waals surface area contributed by atoms with Crippen molar-refractivity contribution in [2.45, 2.75) is 44.3 Å². The first-order valence-electron chi connectivity index (χ1n) is 7.49. The molecule has 2 heterocycles. The molecule has 0 unspecified atom stereocenters. The topological polar surface area (TPSA) is 107 Å². The third-order valence-corrected chi connectivity index (χ3v) is 4.82. The van der Waals surface area contributed by atoms with Crippen LogP contribution in [0.1, 0.15) is 31.0 Å². The van der Waals surface area contributed by atoms with E-state index in [2.05, 4.69) is 20.9 Å². The highest BCUT2D eigenvalue weighted by Crippen LogP contribution is 2.46. The minimum atomic E-state index is -0.927. The lowest BCUT2D eigenvalue weighted by molar-refractivity contribution is -0.168. The highest BCUT2D eigenvalue weighted by molar-refractivity contribution is 9.10. The molecule has 0 aromatic carbocycles. The average molecular weight is 396 g/mol. The number of amides is 1. The third-order valence-electron chi connectivity index (χ3n) is 4.33. The quantitative estimate of drug-likeness (QED) is 0.821. The number of carbonyl (C=O) groups excluding carboxylic acids is 1. The molecule has 0 atom stereocenters. The number of ether oxygens (including phenoxy) is 1. The number of primary amides is 1. The van der Waals surface area contributed by atoms with Crippen molar-refractivity contribution in [3.05, 3.63) is 44.4 Å². The summed E-state index contributed by atoms with van der Waals surface area (Å²) in [5, 5.41) is 10.0. The van der Waals surface area contributed by atoms with Gasteiger partial charge in [0.25, 0.3) is 5.56 Å². The molecule has 0 radical (unpaired) electrons. The van der Waals surface area contributed by atoms with Crippen molar-refractivity contribution in [1.82, 2.24) is 9.38 Å². The van der Waals surface area contributed by atoms with Crippen LogP contribution < -0.4 is 11.3 Å². The first-order chi connectivity index (χ1) is 11.1. The lowest BCUT2D eigenvalue weighted by Crippen LogP contribution is -2.59. The van der Waals surface area contributed by atoms with Gasteiger partial charge in [-0.05, 0) is 26.0 Å². The van der Waals surface area contributed by atoms with Crippen LogP contribution >= 0.6 is 15.9 Å². The zero-order valence-electron chi connectivity index (χ0n) is 13.4. The Morgan fingerprint density at radius 2 is 2.21 bits per heavy atom. The van der Waals surface area contributed by atoms with Crippen LogP contribution in [0, 0.1) is 6.92 Å². The molecule has 1 amide bonds. The number of rotatable bonds is 3. The molecule has 128 valence electrons. The van der Waals surface area contributed by atoms with Gasteiger partial charge in [0.15, 0.2) is 0 Å². The number of fused-ring (bicyclic) bond motifs is 1. The standard InChI is InChI=1S/C16H18BrN3O4/c1-9-11(6-16(24-14(18)22)7-15(2,23)8-16)19-12-5-10(17)3-4-20(12)13(9)21/h3-5,23H,6-8H2,1-2H3,(H2,18,22). The molecule has 1 fully saturated rings. The minimum absolute atomic E-state index is 0.178. The summed E-state index contributed by atoms with van der Waals surface area (Å²) in [4.78, 5) is 28.3. The number of carbonyl (C=O) groups is 1. The summed E-state index contributed by atoms with van der Waals surface area (Å²) in [6, 6.07) is 3.50. The van der Waals surface area contributed by atoms with Gasteiger partial charge < -0.3 is 15.6 Å². The summed E-state index contributed by atoms with van der Waals surface area (Å²) in [5.41, 5.74) is 4.66. The normalized spacial score (nSPS) is 26.2. The van der Waals surface area contributed by atoms with Crippen LogP contribution in [0.5, 0.6) is 0 Å². The van der Waals surface area contributed by atoms with Crippen molar-refractivity contribution in [2.24, 2.45) is 5.73 Å². The molecule has 0 spiro atoms. The van der Waals surface area contributed by atoms with Crippen molar-refractivity contribution >= 4 is 27.7 Å². The van der Waals surface area contributed by atoms with Gasteiger partial charge in [0.05, 0.1) is 11.3 Å². The Morgan fingerprint density at radius 3 is 2.79 bits per heavy atom. The smallest absolute Gasteiger partial charge is 0.405 e. The molecule has 24 heavy (non-hydrogen) atoms. The summed E-state index contributed by atoms with van der Waals surface area (Å²) in [6.45, 7) is 3.36. The second kappa shape index (κ2) is 5.56. The van der Waals surface area contributed by atoms with E-state index in [0.717, 1.165) is 4.47 Å². The summed E-state index contributed by atoms with van der Waals surface area (Å²) < 4.78 is 7.53. The van der Waals surface area contributed by atoms with E-state index < -0.39 is 17.3 Å². The molecule has 3 rings (SSSR count). The second-order valence-electron chi connectivity index (χ2n) is 6.69. The van der Waals surface area contributed by atoms with Crippen molar-refractivity contribution in [3.8, 4) is 0 Å². The number of nitrogens with zero attached hydrogens (tertiary/aromatic N) is 2. The molecule has 3 N–H and O–H groups in total. The number of aromatic nitrogens is 2. The van der Waals surface area contributed by atoms with Crippen molar-refractivity contribution in [1.29, 1.82) is 0 Å². The van der Waals surface area contributed by atoms with Gasteiger partial charge in [-0.15, -0.1) is 0 Å². The summed E-state index contributed by atoms with van der Waals surface area (Å²) in [6.07, 6.45) is 1.48. The Kier molecular flexibility index (Phi) is 3.92. The molecule has 2 aromatic rings. The van der Waals surface area contributed by atoms with Crippen molar-refractivity contribution in [2.75, 3.05) is 0 Å². The Balaban J connectivity index is 2.04. The van der Waals surface area contributed by atoms with E-state index in [1.54, 1.807) is 32.2 Å². The van der Waals surface area contributed by atoms with E-state index in [9.17, 15) is 14.7 Å². The minimum Gasteiger partial charge on any atom is -0.442 e. The maximum absolute atomic E-state index is 12.5. The summed E-state index contributed by atoms with van der Waals surface area (Å²) in [7, 11) is 0.